The monoisotopic (exact) mass is 379 g/mol. The van der Waals surface area contributed by atoms with Gasteiger partial charge in [0.15, 0.2) is 0 Å². The Labute approximate surface area is 161 Å². The molecule has 142 valence electrons. The van der Waals surface area contributed by atoms with Crippen LogP contribution in [0.4, 0.5) is 20.2 Å². The molecule has 0 saturated carbocycles. The normalized spacial score (nSPS) is 12.8. The minimum absolute atomic E-state index is 0.192. The molecular weight excluding hydrogens is 360 g/mol. The van der Waals surface area contributed by atoms with E-state index >= 15 is 0 Å². The van der Waals surface area contributed by atoms with Crippen molar-refractivity contribution in [2.75, 3.05) is 17.2 Å². The standard InChI is InChI=1S/C22H19F2N3O/c1-13-17(8-9-20(26-13)18-7-5-15(23)11-19(18)24)22(28)27-16-6-4-14-3-2-10-25-21(14)12-16/h4-9,11-12,25H,2-3,10H2,1H3,(H,27,28). The maximum atomic E-state index is 14.0. The van der Waals surface area contributed by atoms with Gasteiger partial charge >= 0.3 is 0 Å². The Balaban J connectivity index is 1.56. The van der Waals surface area contributed by atoms with E-state index in [9.17, 15) is 13.6 Å². The van der Waals surface area contributed by atoms with Crippen LogP contribution in [0.15, 0.2) is 48.5 Å². The number of amides is 1. The highest BCUT2D eigenvalue weighted by Crippen LogP contribution is 2.26. The lowest BCUT2D eigenvalue weighted by atomic mass is 10.0. The van der Waals surface area contributed by atoms with Gasteiger partial charge in [0, 0.05) is 29.5 Å². The molecule has 0 radical (unpaired) electrons. The number of benzene rings is 2. The van der Waals surface area contributed by atoms with Crippen LogP contribution < -0.4 is 10.6 Å². The number of carbonyl (C=O) groups excluding carboxylic acids is 1. The fourth-order valence-corrected chi connectivity index (χ4v) is 3.39. The van der Waals surface area contributed by atoms with Crippen molar-refractivity contribution in [3.63, 3.8) is 0 Å². The van der Waals surface area contributed by atoms with E-state index in [4.69, 9.17) is 0 Å². The van der Waals surface area contributed by atoms with E-state index in [-0.39, 0.29) is 11.5 Å². The first-order valence-electron chi connectivity index (χ1n) is 9.12. The van der Waals surface area contributed by atoms with Gasteiger partial charge in [-0.1, -0.05) is 6.07 Å². The van der Waals surface area contributed by atoms with Crippen molar-refractivity contribution in [3.05, 3.63) is 77.0 Å². The fraction of sp³-hybridized carbons (Fsp3) is 0.182. The van der Waals surface area contributed by atoms with Crippen molar-refractivity contribution in [2.24, 2.45) is 0 Å². The smallest absolute Gasteiger partial charge is 0.257 e. The predicted molar refractivity (Wildman–Crippen MR) is 106 cm³/mol. The van der Waals surface area contributed by atoms with Crippen LogP contribution in [0.5, 0.6) is 0 Å². The van der Waals surface area contributed by atoms with Gasteiger partial charge in [0.1, 0.15) is 11.6 Å². The van der Waals surface area contributed by atoms with Gasteiger partial charge in [0.25, 0.3) is 5.91 Å². The summed E-state index contributed by atoms with van der Waals surface area (Å²) in [6, 6.07) is 12.3. The number of aromatic nitrogens is 1. The molecule has 2 N–H and O–H groups in total. The lowest BCUT2D eigenvalue weighted by Crippen LogP contribution is -2.16. The van der Waals surface area contributed by atoms with Crippen LogP contribution in [-0.2, 0) is 6.42 Å². The van der Waals surface area contributed by atoms with Gasteiger partial charge in [-0.15, -0.1) is 0 Å². The SMILES string of the molecule is Cc1nc(-c2ccc(F)cc2F)ccc1C(=O)Nc1ccc2c(c1)NCCC2. The number of nitrogens with zero attached hydrogens (tertiary/aromatic N) is 1. The minimum Gasteiger partial charge on any atom is -0.385 e. The number of carbonyl (C=O) groups is 1. The lowest BCUT2D eigenvalue weighted by Gasteiger charge is -2.19. The average molecular weight is 379 g/mol. The van der Waals surface area contributed by atoms with Crippen LogP contribution in [0.3, 0.4) is 0 Å². The Morgan fingerprint density at radius 3 is 2.75 bits per heavy atom. The molecule has 0 atom stereocenters. The van der Waals surface area contributed by atoms with E-state index in [1.807, 2.05) is 18.2 Å². The zero-order valence-corrected chi connectivity index (χ0v) is 15.4. The second-order valence-corrected chi connectivity index (χ2v) is 6.81. The van der Waals surface area contributed by atoms with Gasteiger partial charge in [-0.2, -0.15) is 0 Å². The van der Waals surface area contributed by atoms with E-state index in [0.717, 1.165) is 31.1 Å². The molecule has 1 amide bonds. The highest BCUT2D eigenvalue weighted by atomic mass is 19.1. The summed E-state index contributed by atoms with van der Waals surface area (Å²) >= 11 is 0. The zero-order chi connectivity index (χ0) is 19.7. The van der Waals surface area contributed by atoms with Crippen LogP contribution in [0.2, 0.25) is 0 Å². The van der Waals surface area contributed by atoms with Crippen molar-refractivity contribution in [1.82, 2.24) is 4.98 Å². The van der Waals surface area contributed by atoms with Crippen molar-refractivity contribution < 1.29 is 13.6 Å². The van der Waals surface area contributed by atoms with E-state index in [0.29, 0.717) is 22.6 Å². The average Bonchev–Trinajstić information content (AvgIpc) is 2.67. The van der Waals surface area contributed by atoms with Gasteiger partial charge in [-0.05, 0) is 61.7 Å². The number of fused-ring (bicyclic) bond motifs is 1. The Hall–Kier alpha value is -3.28. The van der Waals surface area contributed by atoms with Crippen molar-refractivity contribution in [1.29, 1.82) is 0 Å². The quantitative estimate of drug-likeness (QED) is 0.677. The Morgan fingerprint density at radius 1 is 1.11 bits per heavy atom. The number of hydrogen-bond donors (Lipinski definition) is 2. The second kappa shape index (κ2) is 7.38. The predicted octanol–water partition coefficient (Wildman–Crippen LogP) is 4.95. The Bertz CT molecular complexity index is 1070. The van der Waals surface area contributed by atoms with E-state index in [1.54, 1.807) is 19.1 Å². The largest absolute Gasteiger partial charge is 0.385 e. The molecule has 4 nitrogen and oxygen atoms in total. The summed E-state index contributed by atoms with van der Waals surface area (Å²) in [6.07, 6.45) is 2.13. The third-order valence-corrected chi connectivity index (χ3v) is 4.84. The zero-order valence-electron chi connectivity index (χ0n) is 15.4. The van der Waals surface area contributed by atoms with Crippen LogP contribution in [0, 0.1) is 18.6 Å². The van der Waals surface area contributed by atoms with Gasteiger partial charge in [0.05, 0.1) is 17.0 Å². The lowest BCUT2D eigenvalue weighted by molar-refractivity contribution is 0.102. The van der Waals surface area contributed by atoms with Gasteiger partial charge < -0.3 is 10.6 Å². The molecular formula is C22H19F2N3O. The number of anilines is 2. The van der Waals surface area contributed by atoms with Gasteiger partial charge in [0.2, 0.25) is 0 Å². The topological polar surface area (TPSA) is 54.0 Å². The molecule has 3 aromatic rings. The maximum absolute atomic E-state index is 14.0. The molecule has 2 aromatic carbocycles. The highest BCUT2D eigenvalue weighted by molar-refractivity contribution is 6.05. The van der Waals surface area contributed by atoms with Crippen LogP contribution in [0.25, 0.3) is 11.3 Å². The first-order valence-corrected chi connectivity index (χ1v) is 9.12. The van der Waals surface area contributed by atoms with Crippen molar-refractivity contribution in [2.45, 2.75) is 19.8 Å². The van der Waals surface area contributed by atoms with E-state index in [2.05, 4.69) is 15.6 Å². The van der Waals surface area contributed by atoms with Crippen LogP contribution in [0.1, 0.15) is 28.0 Å². The first kappa shape index (κ1) is 18.1. The van der Waals surface area contributed by atoms with Crippen molar-refractivity contribution >= 4 is 17.3 Å². The van der Waals surface area contributed by atoms with E-state index in [1.165, 1.54) is 17.7 Å². The molecule has 6 heteroatoms. The summed E-state index contributed by atoms with van der Waals surface area (Å²) in [6.45, 7) is 2.61. The summed E-state index contributed by atoms with van der Waals surface area (Å²) in [5.41, 5.74) is 4.40. The molecule has 0 aliphatic carbocycles. The second-order valence-electron chi connectivity index (χ2n) is 6.81. The number of rotatable bonds is 3. The summed E-state index contributed by atoms with van der Waals surface area (Å²) in [7, 11) is 0. The molecule has 0 bridgehead atoms. The number of halogens is 2. The molecule has 28 heavy (non-hydrogen) atoms. The number of aryl methyl sites for hydroxylation is 2. The molecule has 0 fully saturated rings. The minimum atomic E-state index is -0.689. The van der Waals surface area contributed by atoms with Crippen molar-refractivity contribution in [3.8, 4) is 11.3 Å². The Kier molecular flexibility index (Phi) is 4.77. The third kappa shape index (κ3) is 3.58. The number of pyridine rings is 1. The summed E-state index contributed by atoms with van der Waals surface area (Å²) in [5.74, 6) is -1.62. The number of hydrogen-bond acceptors (Lipinski definition) is 3. The number of nitrogens with one attached hydrogen (secondary N) is 2. The first-order chi connectivity index (χ1) is 13.5. The molecule has 0 saturated heterocycles. The molecule has 2 heterocycles. The van der Waals surface area contributed by atoms with Gasteiger partial charge in [-0.25, -0.2) is 8.78 Å². The summed E-state index contributed by atoms with van der Waals surface area (Å²) < 4.78 is 27.1. The maximum Gasteiger partial charge on any atom is 0.257 e. The molecule has 4 rings (SSSR count). The highest BCUT2D eigenvalue weighted by Gasteiger charge is 2.15. The summed E-state index contributed by atoms with van der Waals surface area (Å²) in [4.78, 5) is 17.0. The van der Waals surface area contributed by atoms with Crippen LogP contribution in [-0.4, -0.2) is 17.4 Å². The molecule has 1 aliphatic rings. The third-order valence-electron chi connectivity index (χ3n) is 4.84. The Morgan fingerprint density at radius 2 is 1.96 bits per heavy atom. The molecule has 0 unspecified atom stereocenters. The fourth-order valence-electron chi connectivity index (χ4n) is 3.39. The molecule has 1 aliphatic heterocycles. The molecule has 0 spiro atoms. The van der Waals surface area contributed by atoms with Gasteiger partial charge in [-0.3, -0.25) is 9.78 Å². The van der Waals surface area contributed by atoms with E-state index < -0.39 is 11.6 Å². The van der Waals surface area contributed by atoms with Crippen LogP contribution >= 0.6 is 0 Å². The summed E-state index contributed by atoms with van der Waals surface area (Å²) in [5, 5.41) is 6.22. The molecule has 1 aromatic heterocycles.